The van der Waals surface area contributed by atoms with Gasteiger partial charge in [-0.3, -0.25) is 5.32 Å². The molecule has 1 aromatic carbocycles. The van der Waals surface area contributed by atoms with Crippen LogP contribution in [0.4, 0.5) is 10.5 Å². The first kappa shape index (κ1) is 13.8. The lowest BCUT2D eigenvalue weighted by Crippen LogP contribution is -2.18. The van der Waals surface area contributed by atoms with Gasteiger partial charge in [0.05, 0.1) is 0 Å². The summed E-state index contributed by atoms with van der Waals surface area (Å²) in [6.45, 7) is 5.13. The lowest BCUT2D eigenvalue weighted by Gasteiger charge is -2.08. The normalized spacial score (nSPS) is 9.39. The number of carbonyl (C=O) groups excluding carboxylic acids is 2. The number of anilines is 1. The third kappa shape index (κ3) is 4.69. The minimum Gasteiger partial charge on any atom is -0.459 e. The Bertz CT molecular complexity index is 442. The van der Waals surface area contributed by atoms with Crippen molar-refractivity contribution in [2.24, 2.45) is 0 Å². The molecular formula is C13H15NO4. The fourth-order valence-electron chi connectivity index (χ4n) is 1.19. The Labute approximate surface area is 105 Å². The van der Waals surface area contributed by atoms with Gasteiger partial charge in [0.25, 0.3) is 0 Å². The Morgan fingerprint density at radius 1 is 1.28 bits per heavy atom. The molecule has 0 saturated heterocycles. The summed E-state index contributed by atoms with van der Waals surface area (Å²) in [4.78, 5) is 22.1. The standard InChI is InChI=1S/C13H15NO4/c1-3-12(15)17-8-9-18-13(16)14-11-7-5-4-6-10(11)2/h3-7H,1,8-9H2,2H3,(H,14,16). The van der Waals surface area contributed by atoms with E-state index in [2.05, 4.69) is 16.6 Å². The van der Waals surface area contributed by atoms with Gasteiger partial charge in [-0.2, -0.15) is 0 Å². The molecule has 0 unspecified atom stereocenters. The van der Waals surface area contributed by atoms with E-state index in [-0.39, 0.29) is 13.2 Å². The van der Waals surface area contributed by atoms with Crippen LogP contribution in [-0.2, 0) is 14.3 Å². The van der Waals surface area contributed by atoms with Crippen LogP contribution in [0.3, 0.4) is 0 Å². The highest BCUT2D eigenvalue weighted by Gasteiger charge is 2.05. The predicted octanol–water partition coefficient (Wildman–Crippen LogP) is 2.27. The van der Waals surface area contributed by atoms with Crippen LogP contribution in [0.1, 0.15) is 5.56 Å². The molecule has 5 heteroatoms. The van der Waals surface area contributed by atoms with Crippen LogP contribution in [-0.4, -0.2) is 25.3 Å². The number of hydrogen-bond acceptors (Lipinski definition) is 4. The zero-order valence-electron chi connectivity index (χ0n) is 10.1. The Balaban J connectivity index is 2.28. The molecule has 0 aliphatic heterocycles. The van der Waals surface area contributed by atoms with E-state index < -0.39 is 12.1 Å². The summed E-state index contributed by atoms with van der Waals surface area (Å²) in [5.74, 6) is -0.544. The van der Waals surface area contributed by atoms with Crippen LogP contribution in [0.5, 0.6) is 0 Å². The van der Waals surface area contributed by atoms with E-state index >= 15 is 0 Å². The maximum absolute atomic E-state index is 11.4. The number of nitrogens with one attached hydrogen (secondary N) is 1. The van der Waals surface area contributed by atoms with Gasteiger partial charge in [-0.15, -0.1) is 0 Å². The monoisotopic (exact) mass is 249 g/mol. The molecule has 1 rings (SSSR count). The second-order valence-corrected chi connectivity index (χ2v) is 3.45. The summed E-state index contributed by atoms with van der Waals surface area (Å²) in [7, 11) is 0. The molecule has 96 valence electrons. The molecule has 0 aromatic heterocycles. The Morgan fingerprint density at radius 3 is 2.61 bits per heavy atom. The fourth-order valence-corrected chi connectivity index (χ4v) is 1.19. The average Bonchev–Trinajstić information content (AvgIpc) is 2.37. The van der Waals surface area contributed by atoms with Gasteiger partial charge in [0.2, 0.25) is 0 Å². The number of hydrogen-bond donors (Lipinski definition) is 1. The fraction of sp³-hybridized carbons (Fsp3) is 0.231. The number of benzene rings is 1. The SMILES string of the molecule is C=CC(=O)OCCOC(=O)Nc1ccccc1C. The van der Waals surface area contributed by atoms with Gasteiger partial charge in [0, 0.05) is 11.8 Å². The van der Waals surface area contributed by atoms with E-state index in [4.69, 9.17) is 4.74 Å². The molecule has 1 amide bonds. The molecule has 18 heavy (non-hydrogen) atoms. The molecule has 0 aliphatic rings. The molecule has 0 aliphatic carbocycles. The molecule has 0 saturated carbocycles. The first-order valence-corrected chi connectivity index (χ1v) is 5.42. The Morgan fingerprint density at radius 2 is 1.94 bits per heavy atom. The quantitative estimate of drug-likeness (QED) is 0.494. The van der Waals surface area contributed by atoms with Gasteiger partial charge in [-0.1, -0.05) is 24.8 Å². The van der Waals surface area contributed by atoms with Crippen molar-refractivity contribution in [2.45, 2.75) is 6.92 Å². The van der Waals surface area contributed by atoms with E-state index in [9.17, 15) is 9.59 Å². The van der Waals surface area contributed by atoms with Crippen molar-refractivity contribution < 1.29 is 19.1 Å². The number of aryl methyl sites for hydroxylation is 1. The molecule has 0 spiro atoms. The average molecular weight is 249 g/mol. The molecule has 0 heterocycles. The first-order valence-electron chi connectivity index (χ1n) is 5.42. The van der Waals surface area contributed by atoms with Crippen LogP contribution >= 0.6 is 0 Å². The smallest absolute Gasteiger partial charge is 0.411 e. The second kappa shape index (κ2) is 7.11. The van der Waals surface area contributed by atoms with Crippen LogP contribution in [0.25, 0.3) is 0 Å². The van der Waals surface area contributed by atoms with Crippen molar-refractivity contribution in [1.29, 1.82) is 0 Å². The molecule has 0 atom stereocenters. The summed E-state index contributed by atoms with van der Waals surface area (Å²) in [5.41, 5.74) is 1.62. The van der Waals surface area contributed by atoms with Crippen molar-refractivity contribution in [2.75, 3.05) is 18.5 Å². The summed E-state index contributed by atoms with van der Waals surface area (Å²) in [6.07, 6.45) is 0.465. The second-order valence-electron chi connectivity index (χ2n) is 3.45. The summed E-state index contributed by atoms with van der Waals surface area (Å²) < 4.78 is 9.49. The highest BCUT2D eigenvalue weighted by atomic mass is 16.6. The molecule has 1 N–H and O–H groups in total. The molecule has 0 radical (unpaired) electrons. The minimum absolute atomic E-state index is 0.00268. The first-order chi connectivity index (χ1) is 8.63. The molecular weight excluding hydrogens is 234 g/mol. The van der Waals surface area contributed by atoms with Crippen LogP contribution in [0, 0.1) is 6.92 Å². The van der Waals surface area contributed by atoms with Crippen molar-refractivity contribution in [1.82, 2.24) is 0 Å². The van der Waals surface area contributed by atoms with E-state index in [1.165, 1.54) is 0 Å². The predicted molar refractivity (Wildman–Crippen MR) is 67.3 cm³/mol. The van der Waals surface area contributed by atoms with Gasteiger partial charge in [-0.05, 0) is 18.6 Å². The summed E-state index contributed by atoms with van der Waals surface area (Å²) in [6, 6.07) is 7.34. The molecule has 5 nitrogen and oxygen atoms in total. The van der Waals surface area contributed by atoms with Gasteiger partial charge in [0.1, 0.15) is 13.2 Å². The Kier molecular flexibility index (Phi) is 5.44. The number of esters is 1. The van der Waals surface area contributed by atoms with Crippen LogP contribution < -0.4 is 5.32 Å². The number of para-hydroxylation sites is 1. The highest BCUT2D eigenvalue weighted by Crippen LogP contribution is 2.12. The van der Waals surface area contributed by atoms with Gasteiger partial charge < -0.3 is 9.47 Å². The number of carbonyl (C=O) groups is 2. The third-order valence-corrected chi connectivity index (χ3v) is 2.11. The van der Waals surface area contributed by atoms with Gasteiger partial charge in [-0.25, -0.2) is 9.59 Å². The zero-order valence-corrected chi connectivity index (χ0v) is 10.1. The van der Waals surface area contributed by atoms with Crippen molar-refractivity contribution in [3.05, 3.63) is 42.5 Å². The van der Waals surface area contributed by atoms with Crippen molar-refractivity contribution in [3.8, 4) is 0 Å². The van der Waals surface area contributed by atoms with Gasteiger partial charge in [0.15, 0.2) is 0 Å². The lowest BCUT2D eigenvalue weighted by molar-refractivity contribution is -0.138. The molecule has 1 aromatic rings. The topological polar surface area (TPSA) is 64.6 Å². The van der Waals surface area contributed by atoms with Gasteiger partial charge >= 0.3 is 12.1 Å². The maximum Gasteiger partial charge on any atom is 0.411 e. The van der Waals surface area contributed by atoms with E-state index in [0.717, 1.165) is 11.6 Å². The zero-order chi connectivity index (χ0) is 13.4. The van der Waals surface area contributed by atoms with Crippen LogP contribution in [0.2, 0.25) is 0 Å². The minimum atomic E-state index is -0.584. The molecule has 0 fully saturated rings. The van der Waals surface area contributed by atoms with Crippen LogP contribution in [0.15, 0.2) is 36.9 Å². The van der Waals surface area contributed by atoms with E-state index in [1.807, 2.05) is 25.1 Å². The number of amides is 1. The van der Waals surface area contributed by atoms with Crippen molar-refractivity contribution in [3.63, 3.8) is 0 Å². The Hall–Kier alpha value is -2.30. The summed E-state index contributed by atoms with van der Waals surface area (Å²) >= 11 is 0. The highest BCUT2D eigenvalue weighted by molar-refractivity contribution is 5.85. The maximum atomic E-state index is 11.4. The molecule has 0 bridgehead atoms. The third-order valence-electron chi connectivity index (χ3n) is 2.11. The summed E-state index contributed by atoms with van der Waals surface area (Å²) in [5, 5.41) is 2.59. The van der Waals surface area contributed by atoms with E-state index in [1.54, 1.807) is 6.07 Å². The van der Waals surface area contributed by atoms with E-state index in [0.29, 0.717) is 5.69 Å². The number of rotatable bonds is 5. The largest absolute Gasteiger partial charge is 0.459 e. The number of ether oxygens (including phenoxy) is 2. The van der Waals surface area contributed by atoms with Crippen molar-refractivity contribution >= 4 is 17.7 Å². The lowest BCUT2D eigenvalue weighted by atomic mass is 10.2.